The van der Waals surface area contributed by atoms with Crippen LogP contribution in [0, 0.1) is 0 Å². The number of hydrogen-bond donors (Lipinski definition) is 3. The van der Waals surface area contributed by atoms with Crippen LogP contribution in [0.1, 0.15) is 265 Å². The van der Waals surface area contributed by atoms with Crippen molar-refractivity contribution in [3.8, 4) is 0 Å². The van der Waals surface area contributed by atoms with Crippen LogP contribution in [0.25, 0.3) is 0 Å². The molecule has 0 aromatic carbocycles. The maximum atomic E-state index is 13.2. The van der Waals surface area contributed by atoms with Gasteiger partial charge in [0.25, 0.3) is 0 Å². The van der Waals surface area contributed by atoms with Crippen molar-refractivity contribution < 1.29 is 58.2 Å². The largest absolute Gasteiger partial charge is 0.479 e. The van der Waals surface area contributed by atoms with Crippen molar-refractivity contribution in [1.29, 1.82) is 0 Å². The summed E-state index contributed by atoms with van der Waals surface area (Å²) in [5.41, 5.74) is 0. The van der Waals surface area contributed by atoms with Gasteiger partial charge in [0.15, 0.2) is 24.6 Å². The molecule has 0 aromatic heterocycles. The minimum absolute atomic E-state index is 0.0701. The monoisotopic (exact) mass is 1160 g/mol. The molecule has 6 atom stereocenters. The van der Waals surface area contributed by atoms with E-state index in [0.717, 1.165) is 103 Å². The Bertz CT molecular complexity index is 1860. The van der Waals surface area contributed by atoms with Gasteiger partial charge in [-0.15, -0.1) is 0 Å². The number of carbonyl (C=O) groups excluding carboxylic acids is 3. The van der Waals surface area contributed by atoms with E-state index in [9.17, 15) is 34.5 Å². The summed E-state index contributed by atoms with van der Waals surface area (Å²) in [6, 6.07) is 0. The summed E-state index contributed by atoms with van der Waals surface area (Å²) in [6.45, 7) is 5.83. The predicted octanol–water partition coefficient (Wildman–Crippen LogP) is 17.8. The number of unbranched alkanes of at least 4 members (excludes halogenated alkanes) is 23. The van der Waals surface area contributed by atoms with Crippen molar-refractivity contribution in [3.63, 3.8) is 0 Å². The van der Waals surface area contributed by atoms with Gasteiger partial charge in [0, 0.05) is 19.3 Å². The van der Waals surface area contributed by atoms with Crippen molar-refractivity contribution in [1.82, 2.24) is 0 Å². The summed E-state index contributed by atoms with van der Waals surface area (Å²) in [7, 11) is 0. The topological polar surface area (TPSA) is 175 Å². The SMILES string of the molecule is CC/C=C\C/C=C\C/C=C\C/C=C\C/C=C\C/C=C\CCC(=O)OC1C(OCC(COC(=O)CCCCCCCCC/C=C\C/C=C\CCCCC)OC(=O)CCCCCCCCC/C=C\CCCCCCCC)OC(C(=O)O)C(O)C1O. The number of carboxylic acids is 1. The molecule has 1 rings (SSSR count). The maximum absolute atomic E-state index is 13.2. The molecule has 0 radical (unpaired) electrons. The Morgan fingerprint density at radius 3 is 1.24 bits per heavy atom. The van der Waals surface area contributed by atoms with Crippen LogP contribution in [-0.2, 0) is 42.9 Å². The molecule has 0 spiro atoms. The molecule has 0 aliphatic carbocycles. The highest BCUT2D eigenvalue weighted by Crippen LogP contribution is 2.26. The molecule has 1 aliphatic rings. The van der Waals surface area contributed by atoms with Crippen LogP contribution in [0.2, 0.25) is 0 Å². The number of aliphatic hydroxyl groups excluding tert-OH is 2. The van der Waals surface area contributed by atoms with Crippen LogP contribution in [0.4, 0.5) is 0 Å². The van der Waals surface area contributed by atoms with E-state index in [2.05, 4.69) is 112 Å². The van der Waals surface area contributed by atoms with Crippen molar-refractivity contribution >= 4 is 23.9 Å². The quantitative estimate of drug-likeness (QED) is 0.0228. The van der Waals surface area contributed by atoms with Gasteiger partial charge in [-0.1, -0.05) is 239 Å². The number of rotatable bonds is 55. The maximum Gasteiger partial charge on any atom is 0.335 e. The fourth-order valence-electron chi connectivity index (χ4n) is 9.30. The van der Waals surface area contributed by atoms with E-state index < -0.39 is 67.3 Å². The predicted molar refractivity (Wildman–Crippen MR) is 340 cm³/mol. The van der Waals surface area contributed by atoms with Gasteiger partial charge in [-0.25, -0.2) is 4.79 Å². The molecule has 6 unspecified atom stereocenters. The number of carboxylic acid groups (broad SMARTS) is 1. The Kier molecular flexibility index (Phi) is 53.2. The zero-order valence-electron chi connectivity index (χ0n) is 52.2. The van der Waals surface area contributed by atoms with Crippen molar-refractivity contribution in [2.24, 2.45) is 0 Å². The highest BCUT2D eigenvalue weighted by molar-refractivity contribution is 5.74. The first-order valence-corrected chi connectivity index (χ1v) is 32.9. The highest BCUT2D eigenvalue weighted by atomic mass is 16.7. The summed E-state index contributed by atoms with van der Waals surface area (Å²) in [4.78, 5) is 51.3. The molecule has 0 bridgehead atoms. The highest BCUT2D eigenvalue weighted by Gasteiger charge is 2.50. The van der Waals surface area contributed by atoms with Gasteiger partial charge in [-0.3, -0.25) is 14.4 Å². The Hall–Kier alpha value is -4.62. The fourth-order valence-corrected chi connectivity index (χ4v) is 9.30. The minimum atomic E-state index is -1.94. The van der Waals surface area contributed by atoms with Crippen LogP contribution in [0.3, 0.4) is 0 Å². The minimum Gasteiger partial charge on any atom is -0.479 e. The molecule has 1 saturated heterocycles. The Morgan fingerprint density at radius 2 is 0.783 bits per heavy atom. The summed E-state index contributed by atoms with van der Waals surface area (Å²) >= 11 is 0. The van der Waals surface area contributed by atoms with E-state index in [1.54, 1.807) is 0 Å². The molecule has 472 valence electrons. The molecule has 1 aliphatic heterocycles. The number of esters is 3. The standard InChI is InChI=1S/C71H116O12/c1-4-7-10-13-16-19-22-25-28-31-32-35-38-41-44-47-50-53-56-59-65(74)82-69-67(76)66(75)68(70(77)78)83-71(69)80-61-62(81-64(73)58-55-52-49-46-43-40-37-34-30-27-24-21-18-15-12-9-6-3)60-79-63(72)57-54-51-48-45-42-39-36-33-29-26-23-20-17-14-11-8-5-2/h7,10,16-17,19-20,25-30,32,35,41,44,50,53,62,66-69,71,75-76H,4-6,8-9,11-15,18,21-24,31,33-34,36-40,42-43,45-49,51-52,54-61H2,1-3H3,(H,77,78)/b10-7-,19-16-,20-17-,28-25-,29-26-,30-27-,35-32-,44-41-,53-50-. The summed E-state index contributed by atoms with van der Waals surface area (Å²) in [5, 5.41) is 31.6. The number of hydrogen-bond acceptors (Lipinski definition) is 11. The zero-order valence-corrected chi connectivity index (χ0v) is 52.2. The number of aliphatic carboxylic acids is 1. The fraction of sp³-hybridized carbons (Fsp3) is 0.690. The third kappa shape index (κ3) is 47.3. The zero-order chi connectivity index (χ0) is 60.3. The third-order valence-electron chi connectivity index (χ3n) is 14.3. The average molecular weight is 1160 g/mol. The molecule has 0 aromatic rings. The van der Waals surface area contributed by atoms with Crippen molar-refractivity contribution in [2.75, 3.05) is 13.2 Å². The lowest BCUT2D eigenvalue weighted by Gasteiger charge is -2.40. The second kappa shape index (κ2) is 57.8. The van der Waals surface area contributed by atoms with E-state index in [4.69, 9.17) is 23.7 Å². The van der Waals surface area contributed by atoms with Gasteiger partial charge in [0.05, 0.1) is 6.61 Å². The van der Waals surface area contributed by atoms with E-state index in [0.29, 0.717) is 25.7 Å². The van der Waals surface area contributed by atoms with Crippen molar-refractivity contribution in [2.45, 2.75) is 302 Å². The van der Waals surface area contributed by atoms with E-state index in [1.807, 2.05) is 18.2 Å². The molecule has 1 fully saturated rings. The van der Waals surface area contributed by atoms with Gasteiger partial charge in [-0.05, 0) is 116 Å². The van der Waals surface area contributed by atoms with Gasteiger partial charge in [-0.2, -0.15) is 0 Å². The molecular weight excluding hydrogens is 1040 g/mol. The Labute approximate surface area is 504 Å². The lowest BCUT2D eigenvalue weighted by Crippen LogP contribution is -2.61. The normalized spacial score (nSPS) is 18.3. The smallest absolute Gasteiger partial charge is 0.335 e. The Morgan fingerprint density at radius 1 is 0.410 bits per heavy atom. The first kappa shape index (κ1) is 76.4. The van der Waals surface area contributed by atoms with Crippen molar-refractivity contribution in [3.05, 3.63) is 109 Å². The van der Waals surface area contributed by atoms with Crippen LogP contribution >= 0.6 is 0 Å². The van der Waals surface area contributed by atoms with Crippen LogP contribution in [-0.4, -0.2) is 89.2 Å². The first-order chi connectivity index (χ1) is 40.6. The Balaban J connectivity index is 2.72. The van der Waals surface area contributed by atoms with Crippen LogP contribution in [0.15, 0.2) is 109 Å². The first-order valence-electron chi connectivity index (χ1n) is 32.9. The third-order valence-corrected chi connectivity index (χ3v) is 14.3. The van der Waals surface area contributed by atoms with Gasteiger partial charge in [0.1, 0.15) is 18.8 Å². The second-order valence-corrected chi connectivity index (χ2v) is 22.0. The van der Waals surface area contributed by atoms with Crippen LogP contribution < -0.4 is 0 Å². The lowest BCUT2D eigenvalue weighted by molar-refractivity contribution is -0.301. The summed E-state index contributed by atoms with van der Waals surface area (Å²) in [5.74, 6) is -3.25. The summed E-state index contributed by atoms with van der Waals surface area (Å²) in [6.07, 6.45) is 66.2. The van der Waals surface area contributed by atoms with Gasteiger partial charge < -0.3 is 39.0 Å². The molecule has 1 heterocycles. The molecular formula is C71H116O12. The number of allylic oxidation sites excluding steroid dienone is 18. The van der Waals surface area contributed by atoms with Gasteiger partial charge >= 0.3 is 23.9 Å². The van der Waals surface area contributed by atoms with Crippen LogP contribution in [0.5, 0.6) is 0 Å². The average Bonchev–Trinajstić information content (AvgIpc) is 3.55. The second-order valence-electron chi connectivity index (χ2n) is 22.0. The van der Waals surface area contributed by atoms with Gasteiger partial charge in [0.2, 0.25) is 0 Å². The molecule has 12 heteroatoms. The number of aliphatic hydroxyl groups is 2. The number of ether oxygens (including phenoxy) is 5. The molecule has 83 heavy (non-hydrogen) atoms. The van der Waals surface area contributed by atoms with E-state index in [1.165, 1.54) is 96.3 Å². The van der Waals surface area contributed by atoms with E-state index >= 15 is 0 Å². The summed E-state index contributed by atoms with van der Waals surface area (Å²) < 4.78 is 28.4. The number of carbonyl (C=O) groups is 4. The lowest BCUT2D eigenvalue weighted by atomic mass is 9.98. The van der Waals surface area contributed by atoms with E-state index in [-0.39, 0.29) is 25.9 Å². The molecule has 0 saturated carbocycles. The molecule has 12 nitrogen and oxygen atoms in total. The molecule has 3 N–H and O–H groups in total. The molecule has 0 amide bonds.